The molecular formula is C26H33N3O4S. The SMILES string of the molecule is CCOCCCn1c(SCC(=O)c2cc(C)n(C[C@@H]3CCCO3)c2C)nc2ccccc2c1=O. The average molecular weight is 484 g/mol. The van der Waals surface area contributed by atoms with Crippen molar-refractivity contribution in [2.75, 3.05) is 25.6 Å². The first kappa shape index (κ1) is 24.7. The Bertz CT molecular complexity index is 1210. The molecule has 1 aliphatic heterocycles. The van der Waals surface area contributed by atoms with Gasteiger partial charge in [0.2, 0.25) is 0 Å². The number of para-hydroxylation sites is 1. The van der Waals surface area contributed by atoms with E-state index in [2.05, 4.69) is 4.57 Å². The van der Waals surface area contributed by atoms with Gasteiger partial charge in [-0.2, -0.15) is 0 Å². The summed E-state index contributed by atoms with van der Waals surface area (Å²) in [5.74, 6) is 0.264. The summed E-state index contributed by atoms with van der Waals surface area (Å²) in [6.45, 7) is 9.31. The maximum Gasteiger partial charge on any atom is 0.262 e. The van der Waals surface area contributed by atoms with Gasteiger partial charge in [0.25, 0.3) is 5.56 Å². The predicted octanol–water partition coefficient (Wildman–Crippen LogP) is 4.40. The van der Waals surface area contributed by atoms with Crippen LogP contribution in [-0.4, -0.2) is 51.6 Å². The fourth-order valence-electron chi connectivity index (χ4n) is 4.49. The van der Waals surface area contributed by atoms with Gasteiger partial charge >= 0.3 is 0 Å². The van der Waals surface area contributed by atoms with Crippen LogP contribution in [0.4, 0.5) is 0 Å². The zero-order chi connectivity index (χ0) is 24.1. The highest BCUT2D eigenvalue weighted by Gasteiger charge is 2.22. The Morgan fingerprint density at radius 2 is 2.09 bits per heavy atom. The number of hydrogen-bond acceptors (Lipinski definition) is 6. The van der Waals surface area contributed by atoms with Crippen molar-refractivity contribution in [2.45, 2.75) is 64.4 Å². The Kier molecular flexibility index (Phi) is 8.24. The predicted molar refractivity (Wildman–Crippen MR) is 135 cm³/mol. The molecule has 3 heterocycles. The molecule has 4 rings (SSSR count). The van der Waals surface area contributed by atoms with Crippen molar-refractivity contribution in [3.05, 3.63) is 57.6 Å². The lowest BCUT2D eigenvalue weighted by Gasteiger charge is -2.15. The monoisotopic (exact) mass is 483 g/mol. The molecule has 1 saturated heterocycles. The molecule has 3 aromatic rings. The maximum absolute atomic E-state index is 13.2. The molecule has 2 aromatic heterocycles. The summed E-state index contributed by atoms with van der Waals surface area (Å²) in [7, 11) is 0. The molecule has 7 nitrogen and oxygen atoms in total. The molecule has 0 N–H and O–H groups in total. The van der Waals surface area contributed by atoms with Crippen LogP contribution in [0.1, 0.15) is 47.9 Å². The van der Waals surface area contributed by atoms with Crippen LogP contribution in [0.25, 0.3) is 10.9 Å². The summed E-state index contributed by atoms with van der Waals surface area (Å²) >= 11 is 1.33. The minimum absolute atomic E-state index is 0.0416. The van der Waals surface area contributed by atoms with Crippen LogP contribution in [-0.2, 0) is 22.6 Å². The zero-order valence-electron chi connectivity index (χ0n) is 20.2. The minimum atomic E-state index is -0.0770. The smallest absolute Gasteiger partial charge is 0.262 e. The molecule has 1 aliphatic rings. The molecule has 1 fully saturated rings. The lowest BCUT2D eigenvalue weighted by atomic mass is 10.2. The minimum Gasteiger partial charge on any atom is -0.382 e. The highest BCUT2D eigenvalue weighted by molar-refractivity contribution is 7.99. The Labute approximate surface area is 204 Å². The molecule has 0 radical (unpaired) electrons. The quantitative estimate of drug-likeness (QED) is 0.174. The topological polar surface area (TPSA) is 75.3 Å². The first-order chi connectivity index (χ1) is 16.5. The number of benzene rings is 1. The van der Waals surface area contributed by atoms with Crippen molar-refractivity contribution in [1.29, 1.82) is 0 Å². The van der Waals surface area contributed by atoms with Crippen LogP contribution < -0.4 is 5.56 Å². The molecule has 1 atom stereocenters. The van der Waals surface area contributed by atoms with Crippen LogP contribution in [0, 0.1) is 13.8 Å². The van der Waals surface area contributed by atoms with Gasteiger partial charge in [-0.05, 0) is 58.2 Å². The van der Waals surface area contributed by atoms with Gasteiger partial charge in [-0.25, -0.2) is 4.98 Å². The Morgan fingerprint density at radius 3 is 2.85 bits per heavy atom. The number of carbonyl (C=O) groups is 1. The lowest BCUT2D eigenvalue weighted by Crippen LogP contribution is -2.24. The van der Waals surface area contributed by atoms with E-state index >= 15 is 0 Å². The molecule has 0 aliphatic carbocycles. The summed E-state index contributed by atoms with van der Waals surface area (Å²) in [6, 6.07) is 9.32. The number of ether oxygens (including phenoxy) is 2. The normalized spacial score (nSPS) is 15.9. The van der Waals surface area contributed by atoms with E-state index < -0.39 is 0 Å². The van der Waals surface area contributed by atoms with Gasteiger partial charge in [0.15, 0.2) is 10.9 Å². The third-order valence-corrected chi connectivity index (χ3v) is 7.29. The van der Waals surface area contributed by atoms with Crippen molar-refractivity contribution in [2.24, 2.45) is 0 Å². The summed E-state index contributed by atoms with van der Waals surface area (Å²) < 4.78 is 15.1. The Hall–Kier alpha value is -2.42. The second kappa shape index (κ2) is 11.3. The van der Waals surface area contributed by atoms with Gasteiger partial charge in [-0.1, -0.05) is 23.9 Å². The van der Waals surface area contributed by atoms with Gasteiger partial charge < -0.3 is 14.0 Å². The number of ketones is 1. The summed E-state index contributed by atoms with van der Waals surface area (Å²) in [5.41, 5.74) is 3.34. The molecule has 8 heteroatoms. The third-order valence-electron chi connectivity index (χ3n) is 6.32. The molecule has 0 saturated carbocycles. The van der Waals surface area contributed by atoms with E-state index in [1.807, 2.05) is 45.0 Å². The van der Waals surface area contributed by atoms with E-state index in [0.717, 1.165) is 42.9 Å². The maximum atomic E-state index is 13.2. The number of fused-ring (bicyclic) bond motifs is 1. The van der Waals surface area contributed by atoms with Gasteiger partial charge in [-0.15, -0.1) is 0 Å². The molecule has 1 aromatic carbocycles. The summed E-state index contributed by atoms with van der Waals surface area (Å²) in [4.78, 5) is 31.1. The van der Waals surface area contributed by atoms with Crippen molar-refractivity contribution in [3.63, 3.8) is 0 Å². The van der Waals surface area contributed by atoms with Gasteiger partial charge in [0.05, 0.1) is 22.8 Å². The van der Waals surface area contributed by atoms with Gasteiger partial charge in [0, 0.05) is 49.9 Å². The highest BCUT2D eigenvalue weighted by atomic mass is 32.2. The molecule has 0 unspecified atom stereocenters. The second-order valence-electron chi connectivity index (χ2n) is 8.66. The van der Waals surface area contributed by atoms with E-state index in [9.17, 15) is 9.59 Å². The Balaban J connectivity index is 1.53. The first-order valence-corrected chi connectivity index (χ1v) is 13.0. The van der Waals surface area contributed by atoms with Crippen molar-refractivity contribution >= 4 is 28.4 Å². The average Bonchev–Trinajstić information content (AvgIpc) is 3.45. The molecular weight excluding hydrogens is 450 g/mol. The fraction of sp³-hybridized carbons (Fsp3) is 0.500. The van der Waals surface area contributed by atoms with E-state index in [0.29, 0.717) is 42.2 Å². The molecule has 0 spiro atoms. The van der Waals surface area contributed by atoms with E-state index in [-0.39, 0.29) is 23.2 Å². The number of aromatic nitrogens is 3. The number of carbonyl (C=O) groups excluding carboxylic acids is 1. The summed E-state index contributed by atoms with van der Waals surface area (Å²) in [5, 5.41) is 1.16. The molecule has 0 amide bonds. The summed E-state index contributed by atoms with van der Waals surface area (Å²) in [6.07, 6.45) is 3.08. The third kappa shape index (κ3) is 5.45. The molecule has 34 heavy (non-hydrogen) atoms. The van der Waals surface area contributed by atoms with Crippen molar-refractivity contribution in [3.8, 4) is 0 Å². The number of hydrogen-bond donors (Lipinski definition) is 0. The molecule has 0 bridgehead atoms. The zero-order valence-corrected chi connectivity index (χ0v) is 21.0. The van der Waals surface area contributed by atoms with E-state index in [1.54, 1.807) is 10.6 Å². The van der Waals surface area contributed by atoms with E-state index in [4.69, 9.17) is 14.5 Å². The standard InChI is InChI=1S/C26H33N3O4S/c1-4-32-13-8-12-28-25(31)21-10-5-6-11-23(21)27-26(28)34-17-24(30)22-15-18(2)29(19(22)3)16-20-9-7-14-33-20/h5-6,10-11,15,20H,4,7-9,12-14,16-17H2,1-3H3/t20-/m0/s1. The Morgan fingerprint density at radius 1 is 1.26 bits per heavy atom. The number of nitrogens with zero attached hydrogens (tertiary/aromatic N) is 3. The second-order valence-corrected chi connectivity index (χ2v) is 9.60. The van der Waals surface area contributed by atoms with Crippen LogP contribution in [0.5, 0.6) is 0 Å². The van der Waals surface area contributed by atoms with Gasteiger partial charge in [-0.3, -0.25) is 14.2 Å². The molecule has 182 valence electrons. The van der Waals surface area contributed by atoms with Crippen LogP contribution in [0.3, 0.4) is 0 Å². The number of rotatable bonds is 11. The van der Waals surface area contributed by atoms with Crippen molar-refractivity contribution in [1.82, 2.24) is 14.1 Å². The number of Topliss-reactive ketones (excluding diaryl/α,β-unsaturated/α-hetero) is 1. The van der Waals surface area contributed by atoms with Crippen LogP contribution in [0.2, 0.25) is 0 Å². The van der Waals surface area contributed by atoms with Crippen LogP contribution in [0.15, 0.2) is 40.3 Å². The lowest BCUT2D eigenvalue weighted by molar-refractivity contribution is 0.0957. The van der Waals surface area contributed by atoms with Crippen molar-refractivity contribution < 1.29 is 14.3 Å². The first-order valence-electron chi connectivity index (χ1n) is 12.0. The number of aryl methyl sites for hydroxylation is 1. The van der Waals surface area contributed by atoms with Gasteiger partial charge in [0.1, 0.15) is 0 Å². The number of thioether (sulfide) groups is 1. The van der Waals surface area contributed by atoms with E-state index in [1.165, 1.54) is 11.8 Å². The largest absolute Gasteiger partial charge is 0.382 e. The highest BCUT2D eigenvalue weighted by Crippen LogP contribution is 2.24. The van der Waals surface area contributed by atoms with Crippen LogP contribution >= 0.6 is 11.8 Å². The fourth-order valence-corrected chi connectivity index (χ4v) is 5.40.